The lowest BCUT2D eigenvalue weighted by atomic mass is 10.0. The Bertz CT molecular complexity index is 398. The second-order valence-electron chi connectivity index (χ2n) is 6.40. The molecular weight excluding hydrogens is 262 g/mol. The van der Waals surface area contributed by atoms with E-state index in [1.807, 2.05) is 0 Å². The summed E-state index contributed by atoms with van der Waals surface area (Å²) in [4.78, 5) is 0. The predicted octanol–water partition coefficient (Wildman–Crippen LogP) is 3.87. The molecule has 0 saturated carbocycles. The SMILES string of the molecule is CCCNC(COCCOC(C)(C)C)c1ccccc1C. The molecule has 0 spiro atoms. The fourth-order valence-electron chi connectivity index (χ4n) is 2.16. The zero-order valence-corrected chi connectivity index (χ0v) is 14.2. The van der Waals surface area contributed by atoms with Crippen LogP contribution in [0.5, 0.6) is 0 Å². The van der Waals surface area contributed by atoms with Gasteiger partial charge in [0, 0.05) is 0 Å². The van der Waals surface area contributed by atoms with Crippen molar-refractivity contribution in [1.29, 1.82) is 0 Å². The topological polar surface area (TPSA) is 30.5 Å². The van der Waals surface area contributed by atoms with E-state index in [0.29, 0.717) is 19.8 Å². The Morgan fingerprint density at radius 3 is 2.48 bits per heavy atom. The van der Waals surface area contributed by atoms with Gasteiger partial charge in [-0.2, -0.15) is 0 Å². The number of aryl methyl sites for hydroxylation is 1. The van der Waals surface area contributed by atoms with Crippen LogP contribution >= 0.6 is 0 Å². The third-order valence-corrected chi connectivity index (χ3v) is 3.25. The highest BCUT2D eigenvalue weighted by Gasteiger charge is 2.13. The van der Waals surface area contributed by atoms with Crippen molar-refractivity contribution in [2.75, 3.05) is 26.4 Å². The van der Waals surface area contributed by atoms with Crippen molar-refractivity contribution in [3.05, 3.63) is 35.4 Å². The van der Waals surface area contributed by atoms with Crippen LogP contribution in [0.2, 0.25) is 0 Å². The zero-order valence-electron chi connectivity index (χ0n) is 14.2. The van der Waals surface area contributed by atoms with E-state index in [1.54, 1.807) is 0 Å². The van der Waals surface area contributed by atoms with E-state index in [9.17, 15) is 0 Å². The van der Waals surface area contributed by atoms with E-state index in [0.717, 1.165) is 13.0 Å². The number of benzene rings is 1. The second-order valence-corrected chi connectivity index (χ2v) is 6.40. The maximum absolute atomic E-state index is 5.81. The van der Waals surface area contributed by atoms with Crippen molar-refractivity contribution in [2.24, 2.45) is 0 Å². The molecule has 1 atom stereocenters. The molecule has 0 aliphatic carbocycles. The molecule has 0 amide bonds. The first kappa shape index (κ1) is 18.1. The van der Waals surface area contributed by atoms with E-state index in [4.69, 9.17) is 9.47 Å². The Labute approximate surface area is 130 Å². The van der Waals surface area contributed by atoms with Crippen LogP contribution in [0, 0.1) is 6.92 Å². The maximum Gasteiger partial charge on any atom is 0.0707 e. The zero-order chi connectivity index (χ0) is 15.7. The van der Waals surface area contributed by atoms with E-state index in [-0.39, 0.29) is 11.6 Å². The lowest BCUT2D eigenvalue weighted by Crippen LogP contribution is -2.28. The van der Waals surface area contributed by atoms with Crippen molar-refractivity contribution in [1.82, 2.24) is 5.32 Å². The van der Waals surface area contributed by atoms with Gasteiger partial charge in [0.2, 0.25) is 0 Å². The van der Waals surface area contributed by atoms with Crippen LogP contribution in [-0.4, -0.2) is 32.0 Å². The van der Waals surface area contributed by atoms with Crippen LogP contribution in [-0.2, 0) is 9.47 Å². The van der Waals surface area contributed by atoms with Crippen LogP contribution in [0.25, 0.3) is 0 Å². The van der Waals surface area contributed by atoms with Gasteiger partial charge in [0.1, 0.15) is 0 Å². The van der Waals surface area contributed by atoms with E-state index < -0.39 is 0 Å². The molecule has 1 rings (SSSR count). The number of nitrogens with one attached hydrogen (secondary N) is 1. The third-order valence-electron chi connectivity index (χ3n) is 3.25. The largest absolute Gasteiger partial charge is 0.377 e. The summed E-state index contributed by atoms with van der Waals surface area (Å²) in [6, 6.07) is 8.75. The first-order valence-electron chi connectivity index (χ1n) is 7.94. The van der Waals surface area contributed by atoms with Gasteiger partial charge in [-0.25, -0.2) is 0 Å². The molecule has 1 aromatic carbocycles. The van der Waals surface area contributed by atoms with Gasteiger partial charge < -0.3 is 14.8 Å². The van der Waals surface area contributed by atoms with Crippen molar-refractivity contribution < 1.29 is 9.47 Å². The number of ether oxygens (including phenoxy) is 2. The molecule has 0 heterocycles. The van der Waals surface area contributed by atoms with Gasteiger partial charge in [-0.05, 0) is 51.8 Å². The Morgan fingerprint density at radius 2 is 1.86 bits per heavy atom. The van der Waals surface area contributed by atoms with Gasteiger partial charge in [-0.15, -0.1) is 0 Å². The van der Waals surface area contributed by atoms with E-state index in [2.05, 4.69) is 64.2 Å². The van der Waals surface area contributed by atoms with Gasteiger partial charge in [0.15, 0.2) is 0 Å². The van der Waals surface area contributed by atoms with Crippen LogP contribution in [0.1, 0.15) is 51.3 Å². The summed E-state index contributed by atoms with van der Waals surface area (Å²) in [6.45, 7) is 13.5. The minimum atomic E-state index is -0.0980. The fourth-order valence-corrected chi connectivity index (χ4v) is 2.16. The minimum Gasteiger partial charge on any atom is -0.377 e. The highest BCUT2D eigenvalue weighted by molar-refractivity contribution is 5.28. The molecule has 3 nitrogen and oxygen atoms in total. The van der Waals surface area contributed by atoms with E-state index >= 15 is 0 Å². The van der Waals surface area contributed by atoms with Crippen molar-refractivity contribution >= 4 is 0 Å². The van der Waals surface area contributed by atoms with Crippen LogP contribution in [0.4, 0.5) is 0 Å². The number of hydrogen-bond donors (Lipinski definition) is 1. The highest BCUT2D eigenvalue weighted by atomic mass is 16.5. The average Bonchev–Trinajstić information content (AvgIpc) is 2.41. The predicted molar refractivity (Wildman–Crippen MR) is 88.7 cm³/mol. The molecule has 0 aromatic heterocycles. The quantitative estimate of drug-likeness (QED) is 0.701. The Morgan fingerprint density at radius 1 is 1.14 bits per heavy atom. The van der Waals surface area contributed by atoms with E-state index in [1.165, 1.54) is 11.1 Å². The molecule has 0 radical (unpaired) electrons. The summed E-state index contributed by atoms with van der Waals surface area (Å²) < 4.78 is 11.5. The minimum absolute atomic E-state index is 0.0980. The molecule has 1 N–H and O–H groups in total. The Hall–Kier alpha value is -0.900. The van der Waals surface area contributed by atoms with Gasteiger partial charge in [0.25, 0.3) is 0 Å². The molecule has 120 valence electrons. The van der Waals surface area contributed by atoms with Crippen LogP contribution < -0.4 is 5.32 Å². The molecule has 1 unspecified atom stereocenters. The molecule has 21 heavy (non-hydrogen) atoms. The Kier molecular flexibility index (Phi) is 7.94. The van der Waals surface area contributed by atoms with Gasteiger partial charge in [-0.1, -0.05) is 31.2 Å². The van der Waals surface area contributed by atoms with Crippen LogP contribution in [0.3, 0.4) is 0 Å². The molecular formula is C18H31NO2. The summed E-state index contributed by atoms with van der Waals surface area (Å²) in [5.74, 6) is 0. The highest BCUT2D eigenvalue weighted by Crippen LogP contribution is 2.18. The fraction of sp³-hybridized carbons (Fsp3) is 0.667. The van der Waals surface area contributed by atoms with Gasteiger partial charge in [0.05, 0.1) is 31.5 Å². The van der Waals surface area contributed by atoms with Gasteiger partial charge in [-0.3, -0.25) is 0 Å². The van der Waals surface area contributed by atoms with Crippen molar-refractivity contribution in [3.63, 3.8) is 0 Å². The Balaban J connectivity index is 2.46. The summed E-state index contributed by atoms with van der Waals surface area (Å²) in [5.41, 5.74) is 2.53. The third kappa shape index (κ3) is 7.60. The second kappa shape index (κ2) is 9.19. The number of hydrogen-bond acceptors (Lipinski definition) is 3. The molecule has 0 fully saturated rings. The monoisotopic (exact) mass is 293 g/mol. The lowest BCUT2D eigenvalue weighted by Gasteiger charge is -2.22. The summed E-state index contributed by atoms with van der Waals surface area (Å²) >= 11 is 0. The first-order valence-corrected chi connectivity index (χ1v) is 7.94. The van der Waals surface area contributed by atoms with Crippen molar-refractivity contribution in [2.45, 2.75) is 52.7 Å². The first-order chi connectivity index (χ1) is 9.94. The standard InChI is InChI=1S/C18H31NO2/c1-6-11-19-17(16-10-8-7-9-15(16)2)14-20-12-13-21-18(3,4)5/h7-10,17,19H,6,11-14H2,1-5H3. The summed E-state index contributed by atoms with van der Waals surface area (Å²) in [5, 5.41) is 3.57. The van der Waals surface area contributed by atoms with Gasteiger partial charge >= 0.3 is 0 Å². The molecule has 0 saturated heterocycles. The summed E-state index contributed by atoms with van der Waals surface area (Å²) in [7, 11) is 0. The number of rotatable bonds is 9. The smallest absolute Gasteiger partial charge is 0.0707 e. The van der Waals surface area contributed by atoms with Crippen molar-refractivity contribution in [3.8, 4) is 0 Å². The molecule has 0 aliphatic heterocycles. The molecule has 0 bridgehead atoms. The molecule has 3 heteroatoms. The lowest BCUT2D eigenvalue weighted by molar-refractivity contribution is -0.0374. The van der Waals surface area contributed by atoms with Crippen LogP contribution in [0.15, 0.2) is 24.3 Å². The maximum atomic E-state index is 5.81. The average molecular weight is 293 g/mol. The molecule has 1 aromatic rings. The molecule has 0 aliphatic rings. The normalized spacial score (nSPS) is 13.4. The summed E-state index contributed by atoms with van der Waals surface area (Å²) in [6.07, 6.45) is 1.12.